The van der Waals surface area contributed by atoms with Crippen LogP contribution in [0.2, 0.25) is 0 Å². The Balaban J connectivity index is 1.66. The molecule has 0 saturated heterocycles. The van der Waals surface area contributed by atoms with E-state index in [2.05, 4.69) is 34.6 Å². The summed E-state index contributed by atoms with van der Waals surface area (Å²) in [5.41, 5.74) is 3.53. The Labute approximate surface area is 136 Å². The molecule has 0 aromatic heterocycles. The lowest BCUT2D eigenvalue weighted by atomic mass is 9.55. The van der Waals surface area contributed by atoms with Gasteiger partial charge in [0.25, 0.3) is 0 Å². The zero-order valence-electron chi connectivity index (χ0n) is 13.7. The molecule has 0 N–H and O–H groups in total. The topological polar surface area (TPSA) is 18.5 Å². The zero-order chi connectivity index (χ0) is 15.3. The molecule has 0 aliphatic heterocycles. The predicted octanol–water partition coefficient (Wildman–Crippen LogP) is 4.73. The lowest BCUT2D eigenvalue weighted by Gasteiger charge is -2.50. The normalized spacial score (nSPS) is 39.8. The number of aryl methyl sites for hydroxylation is 1. The number of fused-ring (bicyclic) bond motifs is 5. The lowest BCUT2D eigenvalue weighted by molar-refractivity contribution is -0.00349. The second kappa shape index (κ2) is 5.49. The molecular formula is C19H27O2P. The molecule has 0 radical (unpaired) electrons. The minimum absolute atomic E-state index is 0.396. The van der Waals surface area contributed by atoms with E-state index in [1.807, 2.05) is 0 Å². The van der Waals surface area contributed by atoms with Crippen molar-refractivity contribution >= 4 is 9.47 Å². The SMILES string of the molecule is COc1ccc2c(c1)CCC1C2CC[C@@]2(C)C1CC[C@@H]2OP. The van der Waals surface area contributed by atoms with Crippen molar-refractivity contribution in [2.75, 3.05) is 7.11 Å². The molecule has 2 fully saturated rings. The van der Waals surface area contributed by atoms with Crippen LogP contribution in [-0.2, 0) is 10.9 Å². The summed E-state index contributed by atoms with van der Waals surface area (Å²) in [5, 5.41) is 0. The first kappa shape index (κ1) is 15.0. The van der Waals surface area contributed by atoms with Gasteiger partial charge in [0.15, 0.2) is 0 Å². The minimum atomic E-state index is 0.396. The van der Waals surface area contributed by atoms with E-state index in [1.165, 1.54) is 44.1 Å². The van der Waals surface area contributed by atoms with Gasteiger partial charge < -0.3 is 9.26 Å². The molecule has 3 aliphatic carbocycles. The van der Waals surface area contributed by atoms with Crippen LogP contribution >= 0.6 is 9.47 Å². The van der Waals surface area contributed by atoms with Gasteiger partial charge in [-0.25, -0.2) is 0 Å². The maximum absolute atomic E-state index is 5.76. The summed E-state index contributed by atoms with van der Waals surface area (Å²) in [7, 11) is 4.29. The Morgan fingerprint density at radius 1 is 1.18 bits per heavy atom. The lowest BCUT2D eigenvalue weighted by Crippen LogP contribution is -2.44. The molecule has 0 spiro atoms. The van der Waals surface area contributed by atoms with Gasteiger partial charge in [-0.15, -0.1) is 0 Å². The molecule has 0 bridgehead atoms. The molecule has 3 heteroatoms. The summed E-state index contributed by atoms with van der Waals surface area (Å²) in [6.07, 6.45) is 8.22. The van der Waals surface area contributed by atoms with E-state index in [0.717, 1.165) is 23.5 Å². The van der Waals surface area contributed by atoms with Crippen LogP contribution in [0.25, 0.3) is 0 Å². The molecule has 0 amide bonds. The van der Waals surface area contributed by atoms with Crippen LogP contribution in [-0.4, -0.2) is 13.2 Å². The van der Waals surface area contributed by atoms with Gasteiger partial charge in [0.1, 0.15) is 5.75 Å². The first-order chi connectivity index (χ1) is 10.7. The molecule has 22 heavy (non-hydrogen) atoms. The van der Waals surface area contributed by atoms with Crippen LogP contribution < -0.4 is 4.74 Å². The maximum Gasteiger partial charge on any atom is 0.119 e. The second-order valence-corrected chi connectivity index (χ2v) is 8.00. The number of hydrogen-bond donors (Lipinski definition) is 0. The average molecular weight is 318 g/mol. The monoisotopic (exact) mass is 318 g/mol. The van der Waals surface area contributed by atoms with Crippen LogP contribution in [0.3, 0.4) is 0 Å². The van der Waals surface area contributed by atoms with Gasteiger partial charge in [-0.3, -0.25) is 0 Å². The van der Waals surface area contributed by atoms with E-state index in [4.69, 9.17) is 9.26 Å². The molecule has 1 aromatic rings. The summed E-state index contributed by atoms with van der Waals surface area (Å²) in [5.74, 6) is 3.46. The van der Waals surface area contributed by atoms with E-state index in [0.29, 0.717) is 11.5 Å². The van der Waals surface area contributed by atoms with Gasteiger partial charge in [-0.05, 0) is 85.0 Å². The fourth-order valence-corrected chi connectivity index (χ4v) is 6.31. The van der Waals surface area contributed by atoms with Crippen molar-refractivity contribution in [3.8, 4) is 5.75 Å². The fourth-order valence-electron chi connectivity index (χ4n) is 5.86. The molecule has 4 rings (SSSR count). The highest BCUT2D eigenvalue weighted by molar-refractivity contribution is 7.09. The Kier molecular flexibility index (Phi) is 3.74. The Hall–Kier alpha value is -0.590. The first-order valence-electron chi connectivity index (χ1n) is 8.69. The summed E-state index contributed by atoms with van der Waals surface area (Å²) in [6.45, 7) is 2.49. The van der Waals surface area contributed by atoms with Gasteiger partial charge >= 0.3 is 0 Å². The number of benzene rings is 1. The van der Waals surface area contributed by atoms with Crippen molar-refractivity contribution in [2.45, 2.75) is 57.5 Å². The van der Waals surface area contributed by atoms with Crippen LogP contribution in [0.15, 0.2) is 18.2 Å². The zero-order valence-corrected chi connectivity index (χ0v) is 14.8. The molecule has 2 nitrogen and oxygen atoms in total. The van der Waals surface area contributed by atoms with Crippen molar-refractivity contribution in [3.63, 3.8) is 0 Å². The van der Waals surface area contributed by atoms with Crippen molar-refractivity contribution in [3.05, 3.63) is 29.3 Å². The van der Waals surface area contributed by atoms with Crippen molar-refractivity contribution < 1.29 is 9.26 Å². The summed E-state index contributed by atoms with van der Waals surface area (Å²) >= 11 is 0. The predicted molar refractivity (Wildman–Crippen MR) is 92.2 cm³/mol. The molecule has 1 aromatic carbocycles. The highest BCUT2D eigenvalue weighted by Gasteiger charge is 2.55. The fraction of sp³-hybridized carbons (Fsp3) is 0.684. The third-order valence-corrected chi connectivity index (χ3v) is 7.34. The first-order valence-corrected chi connectivity index (χ1v) is 9.17. The summed E-state index contributed by atoms with van der Waals surface area (Å²) < 4.78 is 11.2. The van der Waals surface area contributed by atoms with Gasteiger partial charge in [-0.1, -0.05) is 13.0 Å². The van der Waals surface area contributed by atoms with E-state index < -0.39 is 0 Å². The molecule has 120 valence electrons. The summed E-state index contributed by atoms with van der Waals surface area (Å²) in [6, 6.07) is 6.76. The van der Waals surface area contributed by atoms with Gasteiger partial charge in [0, 0.05) is 9.47 Å². The van der Waals surface area contributed by atoms with E-state index in [-0.39, 0.29) is 0 Å². The van der Waals surface area contributed by atoms with Crippen LogP contribution in [0.4, 0.5) is 0 Å². The van der Waals surface area contributed by atoms with Gasteiger partial charge in [0.2, 0.25) is 0 Å². The Morgan fingerprint density at radius 3 is 2.82 bits per heavy atom. The molecule has 2 saturated carbocycles. The van der Waals surface area contributed by atoms with E-state index >= 15 is 0 Å². The Bertz CT molecular complexity index is 573. The number of hydrogen-bond acceptors (Lipinski definition) is 2. The molecule has 3 aliphatic rings. The molecule has 6 atom stereocenters. The van der Waals surface area contributed by atoms with Gasteiger partial charge in [-0.2, -0.15) is 0 Å². The largest absolute Gasteiger partial charge is 0.497 e. The Morgan fingerprint density at radius 2 is 2.05 bits per heavy atom. The highest BCUT2D eigenvalue weighted by atomic mass is 31.0. The van der Waals surface area contributed by atoms with E-state index in [1.54, 1.807) is 12.7 Å². The average Bonchev–Trinajstić information content (AvgIpc) is 2.90. The summed E-state index contributed by atoms with van der Waals surface area (Å²) in [4.78, 5) is 0. The smallest absolute Gasteiger partial charge is 0.119 e. The third kappa shape index (κ3) is 2.07. The van der Waals surface area contributed by atoms with Crippen molar-refractivity contribution in [2.24, 2.45) is 17.3 Å². The number of rotatable bonds is 2. The van der Waals surface area contributed by atoms with Crippen LogP contribution in [0, 0.1) is 17.3 Å². The number of ether oxygens (including phenoxy) is 1. The standard InChI is InChI=1S/C19H27O2P/c1-19-10-9-15-14-6-4-13(20-2)11-12(14)3-5-16(15)17(19)7-8-18(19)21-22/h4,6,11,15-18H,3,5,7-10,22H2,1-2H3/t15?,16?,17?,18-,19-/m0/s1. The van der Waals surface area contributed by atoms with Gasteiger partial charge in [0.05, 0.1) is 13.2 Å². The number of methoxy groups -OCH3 is 1. The van der Waals surface area contributed by atoms with Crippen LogP contribution in [0.1, 0.15) is 56.1 Å². The maximum atomic E-state index is 5.76. The second-order valence-electron chi connectivity index (χ2n) is 7.73. The molecular weight excluding hydrogens is 291 g/mol. The molecule has 4 unspecified atom stereocenters. The van der Waals surface area contributed by atoms with Crippen molar-refractivity contribution in [1.29, 1.82) is 0 Å². The van der Waals surface area contributed by atoms with E-state index in [9.17, 15) is 0 Å². The quantitative estimate of drug-likeness (QED) is 0.734. The minimum Gasteiger partial charge on any atom is -0.497 e. The van der Waals surface area contributed by atoms with Crippen molar-refractivity contribution in [1.82, 2.24) is 0 Å². The van der Waals surface area contributed by atoms with Crippen LogP contribution in [0.5, 0.6) is 5.75 Å². The highest BCUT2D eigenvalue weighted by Crippen LogP contribution is 2.61. The molecule has 0 heterocycles. The third-order valence-electron chi connectivity index (χ3n) is 7.01.